The van der Waals surface area contributed by atoms with Crippen molar-refractivity contribution in [1.82, 2.24) is 19.7 Å². The van der Waals surface area contributed by atoms with Gasteiger partial charge in [-0.05, 0) is 42.7 Å². The van der Waals surface area contributed by atoms with Gasteiger partial charge in [0.2, 0.25) is 17.7 Å². The third kappa shape index (κ3) is 4.40. The van der Waals surface area contributed by atoms with Crippen LogP contribution in [0.1, 0.15) is 48.8 Å². The lowest BCUT2D eigenvalue weighted by molar-refractivity contribution is -0.135. The lowest BCUT2D eigenvalue weighted by atomic mass is 10.1. The molecule has 158 valence electrons. The summed E-state index contributed by atoms with van der Waals surface area (Å²) in [5.41, 5.74) is 2.40. The van der Waals surface area contributed by atoms with Crippen molar-refractivity contribution in [2.45, 2.75) is 51.6 Å². The van der Waals surface area contributed by atoms with Crippen LogP contribution in [0.25, 0.3) is 0 Å². The number of benzene rings is 1. The maximum absolute atomic E-state index is 12.9. The third-order valence-electron chi connectivity index (χ3n) is 5.72. The van der Waals surface area contributed by atoms with E-state index in [1.807, 2.05) is 29.2 Å². The molecule has 3 heterocycles. The summed E-state index contributed by atoms with van der Waals surface area (Å²) >= 11 is 0. The zero-order valence-corrected chi connectivity index (χ0v) is 17.6. The minimum Gasteiger partial charge on any atom is -0.497 e. The van der Waals surface area contributed by atoms with Crippen molar-refractivity contribution < 1.29 is 13.9 Å². The van der Waals surface area contributed by atoms with Gasteiger partial charge >= 0.3 is 0 Å². The van der Waals surface area contributed by atoms with Crippen LogP contribution < -0.4 is 4.74 Å². The highest BCUT2D eigenvalue weighted by atomic mass is 16.5. The second kappa shape index (κ2) is 9.15. The maximum Gasteiger partial charge on any atom is 0.223 e. The van der Waals surface area contributed by atoms with Gasteiger partial charge in [-0.15, -0.1) is 10.2 Å². The van der Waals surface area contributed by atoms with E-state index in [4.69, 9.17) is 9.15 Å². The van der Waals surface area contributed by atoms with E-state index in [9.17, 15) is 4.79 Å². The number of aromatic nitrogens is 3. The van der Waals surface area contributed by atoms with Crippen LogP contribution in [-0.2, 0) is 30.6 Å². The Labute approximate surface area is 176 Å². The lowest BCUT2D eigenvalue weighted by Crippen LogP contribution is -2.41. The van der Waals surface area contributed by atoms with E-state index in [0.29, 0.717) is 31.0 Å². The van der Waals surface area contributed by atoms with E-state index in [-0.39, 0.29) is 11.9 Å². The van der Waals surface area contributed by atoms with Crippen LogP contribution in [0.15, 0.2) is 47.0 Å². The minimum atomic E-state index is 0.143. The Morgan fingerprint density at radius 3 is 2.60 bits per heavy atom. The van der Waals surface area contributed by atoms with Crippen molar-refractivity contribution in [2.24, 2.45) is 0 Å². The molecule has 0 aliphatic carbocycles. The van der Waals surface area contributed by atoms with E-state index < -0.39 is 0 Å². The molecule has 0 unspecified atom stereocenters. The first-order valence-electron chi connectivity index (χ1n) is 10.6. The first kappa shape index (κ1) is 20.2. The SMILES string of the molecule is CC[C@H]1c2cccn2CCN1C(=O)CCc1nnc(CCc2ccc(OC)cc2)o1. The first-order valence-corrected chi connectivity index (χ1v) is 10.6. The number of hydrogen-bond donors (Lipinski definition) is 0. The fourth-order valence-electron chi connectivity index (χ4n) is 4.08. The van der Waals surface area contributed by atoms with Gasteiger partial charge in [0, 0.05) is 44.2 Å². The van der Waals surface area contributed by atoms with Gasteiger partial charge in [-0.1, -0.05) is 19.1 Å². The van der Waals surface area contributed by atoms with Crippen molar-refractivity contribution in [3.8, 4) is 5.75 Å². The molecule has 1 atom stereocenters. The predicted octanol–water partition coefficient (Wildman–Crippen LogP) is 3.59. The van der Waals surface area contributed by atoms with Crippen LogP contribution in [0.5, 0.6) is 5.75 Å². The van der Waals surface area contributed by atoms with Gasteiger partial charge < -0.3 is 18.6 Å². The van der Waals surface area contributed by atoms with Crippen LogP contribution in [0.4, 0.5) is 0 Å². The molecule has 0 fully saturated rings. The van der Waals surface area contributed by atoms with Gasteiger partial charge in [0.25, 0.3) is 0 Å². The molecule has 1 aliphatic rings. The van der Waals surface area contributed by atoms with Crippen molar-refractivity contribution in [3.05, 3.63) is 65.6 Å². The molecule has 0 saturated carbocycles. The average molecular weight is 409 g/mol. The highest BCUT2D eigenvalue weighted by Gasteiger charge is 2.29. The number of rotatable bonds is 8. The summed E-state index contributed by atoms with van der Waals surface area (Å²) in [5, 5.41) is 8.27. The molecule has 0 spiro atoms. The molecule has 0 radical (unpaired) electrons. The number of carbonyl (C=O) groups is 1. The Morgan fingerprint density at radius 2 is 1.87 bits per heavy atom. The molecule has 4 rings (SSSR count). The van der Waals surface area contributed by atoms with E-state index in [1.54, 1.807) is 7.11 Å². The molecule has 1 aliphatic heterocycles. The van der Waals surface area contributed by atoms with Gasteiger partial charge in [0.15, 0.2) is 0 Å². The Bertz CT molecular complexity index is 977. The smallest absolute Gasteiger partial charge is 0.223 e. The molecule has 2 aromatic heterocycles. The van der Waals surface area contributed by atoms with E-state index in [0.717, 1.165) is 31.7 Å². The molecule has 3 aromatic rings. The number of fused-ring (bicyclic) bond motifs is 1. The Kier molecular flexibility index (Phi) is 6.16. The number of nitrogens with zero attached hydrogens (tertiary/aromatic N) is 4. The summed E-state index contributed by atoms with van der Waals surface area (Å²) in [6.45, 7) is 3.72. The molecular formula is C23H28N4O3. The minimum absolute atomic E-state index is 0.143. The van der Waals surface area contributed by atoms with Crippen LogP contribution in [0.2, 0.25) is 0 Å². The molecule has 1 amide bonds. The monoisotopic (exact) mass is 408 g/mol. The average Bonchev–Trinajstić information content (AvgIpc) is 3.45. The van der Waals surface area contributed by atoms with Gasteiger partial charge in [-0.2, -0.15) is 0 Å². The van der Waals surface area contributed by atoms with Crippen molar-refractivity contribution in [1.29, 1.82) is 0 Å². The summed E-state index contributed by atoms with van der Waals surface area (Å²) < 4.78 is 13.2. The zero-order valence-electron chi connectivity index (χ0n) is 17.6. The van der Waals surface area contributed by atoms with Crippen molar-refractivity contribution in [3.63, 3.8) is 0 Å². The fraction of sp³-hybridized carbons (Fsp3) is 0.435. The topological polar surface area (TPSA) is 73.4 Å². The van der Waals surface area contributed by atoms with Crippen LogP contribution in [0.3, 0.4) is 0 Å². The first-order chi connectivity index (χ1) is 14.7. The van der Waals surface area contributed by atoms with E-state index in [2.05, 4.69) is 40.0 Å². The largest absolute Gasteiger partial charge is 0.497 e. The predicted molar refractivity (Wildman–Crippen MR) is 112 cm³/mol. The molecule has 7 nitrogen and oxygen atoms in total. The van der Waals surface area contributed by atoms with Gasteiger partial charge in [-0.3, -0.25) is 4.79 Å². The zero-order chi connectivity index (χ0) is 20.9. The van der Waals surface area contributed by atoms with Crippen molar-refractivity contribution >= 4 is 5.91 Å². The second-order valence-corrected chi connectivity index (χ2v) is 7.58. The Morgan fingerprint density at radius 1 is 1.10 bits per heavy atom. The standard InChI is InChI=1S/C23H28N4O3/c1-3-19-20-5-4-14-26(20)15-16-27(19)23(28)13-12-22-25-24-21(30-22)11-8-17-6-9-18(29-2)10-7-17/h4-7,9-10,14,19H,3,8,11-13,15-16H2,1-2H3/t19-/m0/s1. The molecule has 0 N–H and O–H groups in total. The Hall–Kier alpha value is -3.09. The van der Waals surface area contributed by atoms with Gasteiger partial charge in [-0.25, -0.2) is 0 Å². The fourth-order valence-corrected chi connectivity index (χ4v) is 4.08. The molecule has 0 bridgehead atoms. The third-order valence-corrected chi connectivity index (χ3v) is 5.72. The highest BCUT2D eigenvalue weighted by molar-refractivity contribution is 5.77. The number of aryl methyl sites for hydroxylation is 3. The molecule has 7 heteroatoms. The van der Waals surface area contributed by atoms with E-state index in [1.165, 1.54) is 11.3 Å². The lowest BCUT2D eigenvalue weighted by Gasteiger charge is -2.36. The second-order valence-electron chi connectivity index (χ2n) is 7.58. The van der Waals surface area contributed by atoms with Crippen LogP contribution in [0, 0.1) is 0 Å². The van der Waals surface area contributed by atoms with Crippen LogP contribution in [-0.4, -0.2) is 39.2 Å². The normalized spacial score (nSPS) is 15.8. The maximum atomic E-state index is 12.9. The molecule has 30 heavy (non-hydrogen) atoms. The van der Waals surface area contributed by atoms with Gasteiger partial charge in [0.1, 0.15) is 5.75 Å². The molecule has 1 aromatic carbocycles. The number of carbonyl (C=O) groups excluding carboxylic acids is 1. The number of methoxy groups -OCH3 is 1. The molecule has 0 saturated heterocycles. The quantitative estimate of drug-likeness (QED) is 0.569. The summed E-state index contributed by atoms with van der Waals surface area (Å²) in [5.74, 6) is 2.13. The number of amides is 1. The summed E-state index contributed by atoms with van der Waals surface area (Å²) in [4.78, 5) is 14.9. The van der Waals surface area contributed by atoms with Crippen LogP contribution >= 0.6 is 0 Å². The van der Waals surface area contributed by atoms with Crippen molar-refractivity contribution in [2.75, 3.05) is 13.7 Å². The summed E-state index contributed by atoms with van der Waals surface area (Å²) in [6.07, 6.45) is 5.35. The summed E-state index contributed by atoms with van der Waals surface area (Å²) in [7, 11) is 1.66. The highest BCUT2D eigenvalue weighted by Crippen LogP contribution is 2.29. The Balaban J connectivity index is 1.29. The van der Waals surface area contributed by atoms with Gasteiger partial charge in [0.05, 0.1) is 13.2 Å². The van der Waals surface area contributed by atoms with E-state index >= 15 is 0 Å². The number of ether oxygens (including phenoxy) is 1. The summed E-state index contributed by atoms with van der Waals surface area (Å²) in [6, 6.07) is 12.3. The number of hydrogen-bond acceptors (Lipinski definition) is 5. The molecular weight excluding hydrogens is 380 g/mol.